The van der Waals surface area contributed by atoms with Crippen molar-refractivity contribution < 1.29 is 37.0 Å². The third kappa shape index (κ3) is 15.4. The highest BCUT2D eigenvalue weighted by molar-refractivity contribution is 5.93. The van der Waals surface area contributed by atoms with E-state index >= 15 is 0 Å². The average Bonchev–Trinajstić information content (AvgIpc) is 3.11. The van der Waals surface area contributed by atoms with Gasteiger partial charge in [0.2, 0.25) is 0 Å². The standard InChI is InChI=1S/C41H55F3N2O5/c1-4-6-8-10-12-14-16-18-20-37(41(42,43)44)51-40(48)36-26-25-34(28-31(36)3)50-39(47)33-23-21-32(22-24-33)38-45-29-35(30-46-38)49-27-19-17-15-13-11-9-7-5-2/h21-26,28-30,37H,4-20,27H2,1-3H3/t37-/m0/s1. The third-order valence-corrected chi connectivity index (χ3v) is 8.84. The number of ether oxygens (including phenoxy) is 3. The van der Waals surface area contributed by atoms with E-state index in [1.54, 1.807) is 43.6 Å². The summed E-state index contributed by atoms with van der Waals surface area (Å²) < 4.78 is 57.2. The quantitative estimate of drug-likeness (QED) is 0.0519. The Balaban J connectivity index is 1.46. The van der Waals surface area contributed by atoms with E-state index in [4.69, 9.17) is 14.2 Å². The molecule has 0 amide bonds. The van der Waals surface area contributed by atoms with Gasteiger partial charge in [0.25, 0.3) is 0 Å². The summed E-state index contributed by atoms with van der Waals surface area (Å²) in [6, 6.07) is 10.7. The molecule has 3 rings (SSSR count). The molecule has 0 spiro atoms. The van der Waals surface area contributed by atoms with E-state index in [-0.39, 0.29) is 23.3 Å². The number of unbranched alkanes of at least 4 members (excludes halogenated alkanes) is 14. The fraction of sp³-hybridized carbons (Fsp3) is 0.561. The lowest BCUT2D eigenvalue weighted by atomic mass is 10.0. The van der Waals surface area contributed by atoms with Crippen LogP contribution in [-0.4, -0.2) is 40.8 Å². The molecule has 0 radical (unpaired) electrons. The first-order valence-corrected chi connectivity index (χ1v) is 18.8. The summed E-state index contributed by atoms with van der Waals surface area (Å²) in [5.41, 5.74) is 1.29. The van der Waals surface area contributed by atoms with Gasteiger partial charge in [0.15, 0.2) is 17.7 Å². The molecule has 3 aromatic rings. The van der Waals surface area contributed by atoms with Crippen molar-refractivity contribution in [3.63, 3.8) is 0 Å². The van der Waals surface area contributed by atoms with Gasteiger partial charge in [0, 0.05) is 5.56 Å². The summed E-state index contributed by atoms with van der Waals surface area (Å²) in [5, 5.41) is 0. The molecule has 1 atom stereocenters. The van der Waals surface area contributed by atoms with Crippen LogP contribution >= 0.6 is 0 Å². The number of carbonyl (C=O) groups is 2. The van der Waals surface area contributed by atoms with Crippen molar-refractivity contribution in [3.05, 3.63) is 71.5 Å². The lowest BCUT2D eigenvalue weighted by Gasteiger charge is -2.21. The van der Waals surface area contributed by atoms with Crippen molar-refractivity contribution in [1.82, 2.24) is 9.97 Å². The molecule has 2 aromatic carbocycles. The molecule has 51 heavy (non-hydrogen) atoms. The Labute approximate surface area is 301 Å². The Morgan fingerprint density at radius 3 is 1.78 bits per heavy atom. The number of hydrogen-bond acceptors (Lipinski definition) is 7. The number of halogens is 3. The maximum absolute atomic E-state index is 13.7. The molecule has 0 aliphatic rings. The van der Waals surface area contributed by atoms with E-state index in [1.165, 1.54) is 63.1 Å². The van der Waals surface area contributed by atoms with E-state index < -0.39 is 24.2 Å². The van der Waals surface area contributed by atoms with Crippen LogP contribution in [0.3, 0.4) is 0 Å². The van der Waals surface area contributed by atoms with Crippen molar-refractivity contribution in [3.8, 4) is 22.9 Å². The van der Waals surface area contributed by atoms with Gasteiger partial charge in [0.05, 0.1) is 30.1 Å². The summed E-state index contributed by atoms with van der Waals surface area (Å²) in [6.45, 7) is 6.53. The number of rotatable bonds is 24. The Bertz CT molecular complexity index is 1450. The SMILES string of the molecule is CCCCCCCCCCOc1cnc(-c2ccc(C(=O)Oc3ccc(C(=O)O[C@@H](CCCCCCCCCC)C(F)(F)F)c(C)c3)cc2)nc1. The highest BCUT2D eigenvalue weighted by Crippen LogP contribution is 2.29. The second-order valence-electron chi connectivity index (χ2n) is 13.2. The number of hydrogen-bond donors (Lipinski definition) is 0. The number of alkyl halides is 3. The molecule has 0 aliphatic heterocycles. The Hall–Kier alpha value is -3.95. The molecule has 10 heteroatoms. The largest absolute Gasteiger partial charge is 0.490 e. The van der Waals surface area contributed by atoms with Gasteiger partial charge in [-0.3, -0.25) is 0 Å². The van der Waals surface area contributed by atoms with Crippen LogP contribution in [0.4, 0.5) is 13.2 Å². The molecule has 0 fully saturated rings. The number of esters is 2. The predicted octanol–water partition coefficient (Wildman–Crippen LogP) is 11.8. The summed E-state index contributed by atoms with van der Waals surface area (Å²) in [6.07, 6.45) is 13.4. The fourth-order valence-electron chi connectivity index (χ4n) is 5.76. The van der Waals surface area contributed by atoms with Gasteiger partial charge >= 0.3 is 18.1 Å². The zero-order valence-corrected chi connectivity index (χ0v) is 30.6. The average molecular weight is 713 g/mol. The number of nitrogens with zero attached hydrogens (tertiary/aromatic N) is 2. The third-order valence-electron chi connectivity index (χ3n) is 8.84. The monoisotopic (exact) mass is 712 g/mol. The van der Waals surface area contributed by atoms with Gasteiger partial charge in [-0.2, -0.15) is 13.2 Å². The van der Waals surface area contributed by atoms with E-state index in [1.807, 2.05) is 0 Å². The van der Waals surface area contributed by atoms with Crippen LogP contribution in [0, 0.1) is 6.92 Å². The maximum atomic E-state index is 13.7. The van der Waals surface area contributed by atoms with E-state index in [9.17, 15) is 22.8 Å². The number of aromatic nitrogens is 2. The smallest absolute Gasteiger partial charge is 0.425 e. The zero-order valence-electron chi connectivity index (χ0n) is 30.6. The number of carbonyl (C=O) groups excluding carboxylic acids is 2. The van der Waals surface area contributed by atoms with Crippen LogP contribution in [0.1, 0.15) is 149 Å². The van der Waals surface area contributed by atoms with Crippen LogP contribution in [0.15, 0.2) is 54.9 Å². The normalized spacial score (nSPS) is 12.0. The minimum Gasteiger partial charge on any atom is -0.490 e. The molecule has 0 bridgehead atoms. The Kier molecular flexibility index (Phi) is 18.5. The van der Waals surface area contributed by atoms with Gasteiger partial charge in [-0.15, -0.1) is 0 Å². The summed E-state index contributed by atoms with van der Waals surface area (Å²) in [7, 11) is 0. The Morgan fingerprint density at radius 2 is 1.24 bits per heavy atom. The van der Waals surface area contributed by atoms with Crippen molar-refractivity contribution in [2.24, 2.45) is 0 Å². The number of aryl methyl sites for hydroxylation is 1. The first kappa shape index (κ1) is 41.5. The molecule has 0 aliphatic carbocycles. The summed E-state index contributed by atoms with van der Waals surface area (Å²) in [5.74, 6) is -0.457. The first-order chi connectivity index (χ1) is 24.6. The van der Waals surface area contributed by atoms with Crippen LogP contribution in [0.25, 0.3) is 11.4 Å². The minimum absolute atomic E-state index is 0.0195. The molecule has 280 valence electrons. The molecule has 0 N–H and O–H groups in total. The first-order valence-electron chi connectivity index (χ1n) is 18.8. The number of benzene rings is 2. The molecular weight excluding hydrogens is 657 g/mol. The highest BCUT2D eigenvalue weighted by Gasteiger charge is 2.42. The van der Waals surface area contributed by atoms with Crippen LogP contribution in [0.2, 0.25) is 0 Å². The maximum Gasteiger partial charge on any atom is 0.425 e. The second kappa shape index (κ2) is 22.8. The molecule has 1 aromatic heterocycles. The fourth-order valence-corrected chi connectivity index (χ4v) is 5.76. The lowest BCUT2D eigenvalue weighted by Crippen LogP contribution is -2.34. The van der Waals surface area contributed by atoms with E-state index in [2.05, 4.69) is 23.8 Å². The second-order valence-corrected chi connectivity index (χ2v) is 13.2. The topological polar surface area (TPSA) is 87.6 Å². The van der Waals surface area contributed by atoms with Crippen molar-refractivity contribution in [2.75, 3.05) is 6.61 Å². The van der Waals surface area contributed by atoms with E-state index in [0.717, 1.165) is 44.9 Å². The van der Waals surface area contributed by atoms with Crippen LogP contribution in [-0.2, 0) is 4.74 Å². The molecule has 1 heterocycles. The molecule has 0 unspecified atom stereocenters. The van der Waals surface area contributed by atoms with Crippen molar-refractivity contribution >= 4 is 11.9 Å². The zero-order chi connectivity index (χ0) is 36.9. The van der Waals surface area contributed by atoms with Crippen LogP contribution < -0.4 is 9.47 Å². The van der Waals surface area contributed by atoms with Gasteiger partial charge in [-0.05, 0) is 62.1 Å². The molecule has 0 saturated carbocycles. The van der Waals surface area contributed by atoms with Gasteiger partial charge < -0.3 is 14.2 Å². The Morgan fingerprint density at radius 1 is 0.686 bits per heavy atom. The van der Waals surface area contributed by atoms with Crippen molar-refractivity contribution in [1.29, 1.82) is 0 Å². The van der Waals surface area contributed by atoms with Gasteiger partial charge in [-0.25, -0.2) is 19.6 Å². The molecule has 7 nitrogen and oxygen atoms in total. The van der Waals surface area contributed by atoms with E-state index in [0.29, 0.717) is 42.1 Å². The van der Waals surface area contributed by atoms with Gasteiger partial charge in [0.1, 0.15) is 5.75 Å². The summed E-state index contributed by atoms with van der Waals surface area (Å²) in [4.78, 5) is 34.4. The van der Waals surface area contributed by atoms with Crippen LogP contribution in [0.5, 0.6) is 11.5 Å². The predicted molar refractivity (Wildman–Crippen MR) is 194 cm³/mol. The molecule has 0 saturated heterocycles. The lowest BCUT2D eigenvalue weighted by molar-refractivity contribution is -0.206. The van der Waals surface area contributed by atoms with Crippen molar-refractivity contribution in [2.45, 2.75) is 142 Å². The van der Waals surface area contributed by atoms with Gasteiger partial charge in [-0.1, -0.05) is 116 Å². The highest BCUT2D eigenvalue weighted by atomic mass is 19.4. The summed E-state index contributed by atoms with van der Waals surface area (Å²) >= 11 is 0. The molecular formula is C41H55F3N2O5. The minimum atomic E-state index is -4.66.